The zero-order valence-corrected chi connectivity index (χ0v) is 13.1. The van der Waals surface area contributed by atoms with Crippen LogP contribution in [0, 0.1) is 13.8 Å². The van der Waals surface area contributed by atoms with Gasteiger partial charge in [-0.25, -0.2) is 9.50 Å². The van der Waals surface area contributed by atoms with E-state index in [9.17, 15) is 9.90 Å². The fourth-order valence-electron chi connectivity index (χ4n) is 2.22. The first-order valence-electron chi connectivity index (χ1n) is 6.88. The molecule has 6 nitrogen and oxygen atoms in total. The SMILES string of the molecule is Cc1cc2nc(C(=O)NC[C@@H](O)c3cccs3)cc(C)n2n1. The van der Waals surface area contributed by atoms with Gasteiger partial charge in [0.15, 0.2) is 5.65 Å². The van der Waals surface area contributed by atoms with Crippen molar-refractivity contribution >= 4 is 22.9 Å². The van der Waals surface area contributed by atoms with Gasteiger partial charge < -0.3 is 10.4 Å². The number of nitrogens with zero attached hydrogens (tertiary/aromatic N) is 3. The highest BCUT2D eigenvalue weighted by molar-refractivity contribution is 7.10. The Morgan fingerprint density at radius 1 is 1.45 bits per heavy atom. The van der Waals surface area contributed by atoms with Crippen LogP contribution in [0.1, 0.15) is 32.9 Å². The number of hydrogen-bond donors (Lipinski definition) is 2. The van der Waals surface area contributed by atoms with Crippen LogP contribution in [0.15, 0.2) is 29.6 Å². The Bertz CT molecular complexity index is 810. The van der Waals surface area contributed by atoms with Gasteiger partial charge in [0.2, 0.25) is 0 Å². The molecule has 3 rings (SSSR count). The van der Waals surface area contributed by atoms with E-state index in [1.165, 1.54) is 11.3 Å². The fourth-order valence-corrected chi connectivity index (χ4v) is 2.93. The van der Waals surface area contributed by atoms with Crippen LogP contribution in [-0.4, -0.2) is 32.2 Å². The van der Waals surface area contributed by atoms with Gasteiger partial charge in [0, 0.05) is 23.2 Å². The van der Waals surface area contributed by atoms with Crippen LogP contribution in [0.3, 0.4) is 0 Å². The minimum Gasteiger partial charge on any atom is -0.386 e. The maximum atomic E-state index is 12.2. The van der Waals surface area contributed by atoms with E-state index < -0.39 is 6.10 Å². The number of aliphatic hydroxyl groups excluding tert-OH is 1. The van der Waals surface area contributed by atoms with E-state index in [2.05, 4.69) is 15.4 Å². The van der Waals surface area contributed by atoms with Crippen LogP contribution < -0.4 is 5.32 Å². The normalized spacial score (nSPS) is 12.5. The van der Waals surface area contributed by atoms with Gasteiger partial charge in [0.05, 0.1) is 5.69 Å². The molecule has 2 N–H and O–H groups in total. The summed E-state index contributed by atoms with van der Waals surface area (Å²) in [4.78, 5) is 17.3. The van der Waals surface area contributed by atoms with E-state index in [0.717, 1.165) is 16.3 Å². The highest BCUT2D eigenvalue weighted by atomic mass is 32.1. The molecule has 114 valence electrons. The standard InChI is InChI=1S/C15H16N4O2S/c1-9-6-14-17-11(7-10(2)19(14)18-9)15(21)16-8-12(20)13-4-3-5-22-13/h3-7,12,20H,8H2,1-2H3,(H,16,21)/t12-/m1/s1. The second kappa shape index (κ2) is 5.86. The average molecular weight is 316 g/mol. The van der Waals surface area contributed by atoms with Crippen molar-refractivity contribution in [3.63, 3.8) is 0 Å². The Hall–Kier alpha value is -2.25. The third-order valence-corrected chi connectivity index (χ3v) is 4.26. The zero-order chi connectivity index (χ0) is 15.7. The van der Waals surface area contributed by atoms with Crippen molar-refractivity contribution < 1.29 is 9.90 Å². The quantitative estimate of drug-likeness (QED) is 0.770. The molecule has 0 aliphatic heterocycles. The van der Waals surface area contributed by atoms with E-state index in [1.807, 2.05) is 37.4 Å². The molecule has 0 spiro atoms. The lowest BCUT2D eigenvalue weighted by Crippen LogP contribution is -2.29. The molecular weight excluding hydrogens is 300 g/mol. The molecule has 3 aromatic heterocycles. The van der Waals surface area contributed by atoms with E-state index in [4.69, 9.17) is 0 Å². The van der Waals surface area contributed by atoms with Crippen molar-refractivity contribution in [1.82, 2.24) is 19.9 Å². The van der Waals surface area contributed by atoms with Crippen molar-refractivity contribution in [3.05, 3.63) is 51.6 Å². The van der Waals surface area contributed by atoms with Crippen LogP contribution in [0.2, 0.25) is 0 Å². The van der Waals surface area contributed by atoms with Gasteiger partial charge in [-0.15, -0.1) is 11.3 Å². The van der Waals surface area contributed by atoms with Gasteiger partial charge in [-0.3, -0.25) is 4.79 Å². The number of aryl methyl sites for hydroxylation is 2. The third kappa shape index (κ3) is 2.86. The number of fused-ring (bicyclic) bond motifs is 1. The lowest BCUT2D eigenvalue weighted by atomic mass is 10.2. The topological polar surface area (TPSA) is 79.5 Å². The molecular formula is C15H16N4O2S. The number of hydrogen-bond acceptors (Lipinski definition) is 5. The van der Waals surface area contributed by atoms with Gasteiger partial charge in [0.1, 0.15) is 11.8 Å². The Morgan fingerprint density at radius 3 is 3.00 bits per heavy atom. The van der Waals surface area contributed by atoms with E-state index in [1.54, 1.807) is 10.6 Å². The van der Waals surface area contributed by atoms with Crippen molar-refractivity contribution in [2.45, 2.75) is 20.0 Å². The summed E-state index contributed by atoms with van der Waals surface area (Å²) in [5.74, 6) is -0.306. The van der Waals surface area contributed by atoms with Crippen molar-refractivity contribution in [3.8, 4) is 0 Å². The van der Waals surface area contributed by atoms with Crippen LogP contribution in [0.4, 0.5) is 0 Å². The summed E-state index contributed by atoms with van der Waals surface area (Å²) >= 11 is 1.46. The molecule has 0 saturated carbocycles. The van der Waals surface area contributed by atoms with E-state index in [0.29, 0.717) is 11.3 Å². The van der Waals surface area contributed by atoms with Gasteiger partial charge in [0.25, 0.3) is 5.91 Å². The predicted molar refractivity (Wildman–Crippen MR) is 84.1 cm³/mol. The number of nitrogens with one attached hydrogen (secondary N) is 1. The molecule has 1 amide bonds. The predicted octanol–water partition coefficient (Wildman–Crippen LogP) is 1.87. The third-order valence-electron chi connectivity index (χ3n) is 3.29. The summed E-state index contributed by atoms with van der Waals surface area (Å²) in [6.45, 7) is 3.91. The molecule has 0 aliphatic carbocycles. The molecule has 1 atom stereocenters. The summed E-state index contributed by atoms with van der Waals surface area (Å²) in [5, 5.41) is 18.9. The number of carbonyl (C=O) groups excluding carboxylic acids is 1. The van der Waals surface area contributed by atoms with Crippen molar-refractivity contribution in [1.29, 1.82) is 0 Å². The Balaban J connectivity index is 1.74. The second-order valence-corrected chi connectivity index (χ2v) is 6.06. The second-order valence-electron chi connectivity index (χ2n) is 5.08. The molecule has 3 aromatic rings. The Kier molecular flexibility index (Phi) is 3.91. The van der Waals surface area contributed by atoms with Crippen molar-refractivity contribution in [2.24, 2.45) is 0 Å². The number of rotatable bonds is 4. The highest BCUT2D eigenvalue weighted by Crippen LogP contribution is 2.17. The van der Waals surface area contributed by atoms with Gasteiger partial charge in [-0.2, -0.15) is 5.10 Å². The number of aromatic nitrogens is 3. The lowest BCUT2D eigenvalue weighted by Gasteiger charge is -2.10. The highest BCUT2D eigenvalue weighted by Gasteiger charge is 2.14. The van der Waals surface area contributed by atoms with Crippen molar-refractivity contribution in [2.75, 3.05) is 6.54 Å². The van der Waals surface area contributed by atoms with Gasteiger partial charge in [-0.1, -0.05) is 6.07 Å². The molecule has 0 bridgehead atoms. The van der Waals surface area contributed by atoms with Gasteiger partial charge in [-0.05, 0) is 31.4 Å². The first-order chi connectivity index (χ1) is 10.5. The summed E-state index contributed by atoms with van der Waals surface area (Å²) in [6, 6.07) is 7.22. The molecule has 0 aromatic carbocycles. The largest absolute Gasteiger partial charge is 0.386 e. The lowest BCUT2D eigenvalue weighted by molar-refractivity contribution is 0.0913. The maximum Gasteiger partial charge on any atom is 0.270 e. The van der Waals surface area contributed by atoms with Gasteiger partial charge >= 0.3 is 0 Å². The smallest absolute Gasteiger partial charge is 0.270 e. The monoisotopic (exact) mass is 316 g/mol. The number of carbonyl (C=O) groups is 1. The first-order valence-corrected chi connectivity index (χ1v) is 7.76. The summed E-state index contributed by atoms with van der Waals surface area (Å²) in [6.07, 6.45) is -0.703. The Morgan fingerprint density at radius 2 is 2.27 bits per heavy atom. The molecule has 0 fully saturated rings. The summed E-state index contributed by atoms with van der Waals surface area (Å²) in [7, 11) is 0. The number of thiophene rings is 1. The first kappa shape index (κ1) is 14.7. The summed E-state index contributed by atoms with van der Waals surface area (Å²) in [5.41, 5.74) is 2.65. The molecule has 7 heteroatoms. The molecule has 3 heterocycles. The number of amides is 1. The number of aliphatic hydroxyl groups is 1. The molecule has 0 aliphatic rings. The average Bonchev–Trinajstić information content (AvgIpc) is 3.13. The van der Waals surface area contributed by atoms with Crippen LogP contribution in [-0.2, 0) is 0 Å². The van der Waals surface area contributed by atoms with E-state index >= 15 is 0 Å². The summed E-state index contributed by atoms with van der Waals surface area (Å²) < 4.78 is 1.70. The zero-order valence-electron chi connectivity index (χ0n) is 12.3. The molecule has 0 unspecified atom stereocenters. The minimum absolute atomic E-state index is 0.156. The van der Waals surface area contributed by atoms with Crippen LogP contribution in [0.5, 0.6) is 0 Å². The Labute approximate surface area is 131 Å². The maximum absolute atomic E-state index is 12.2. The molecule has 0 radical (unpaired) electrons. The molecule has 22 heavy (non-hydrogen) atoms. The van der Waals surface area contributed by atoms with Crippen LogP contribution in [0.25, 0.3) is 5.65 Å². The minimum atomic E-state index is -0.703. The molecule has 0 saturated heterocycles. The van der Waals surface area contributed by atoms with Crippen LogP contribution >= 0.6 is 11.3 Å². The van der Waals surface area contributed by atoms with E-state index in [-0.39, 0.29) is 12.5 Å². The fraction of sp³-hybridized carbons (Fsp3) is 0.267.